The third-order valence-electron chi connectivity index (χ3n) is 2.54. The summed E-state index contributed by atoms with van der Waals surface area (Å²) in [5.41, 5.74) is 0.621. The molecule has 0 radical (unpaired) electrons. The van der Waals surface area contributed by atoms with E-state index in [0.29, 0.717) is 21.9 Å². The second kappa shape index (κ2) is 5.12. The van der Waals surface area contributed by atoms with Crippen molar-refractivity contribution in [3.05, 3.63) is 40.9 Å². The fourth-order valence-corrected chi connectivity index (χ4v) is 5.29. The molecule has 1 aromatic heterocycles. The summed E-state index contributed by atoms with van der Waals surface area (Å²) in [5.74, 6) is 0. The molecule has 0 aliphatic carbocycles. The zero-order valence-electron chi connectivity index (χ0n) is 10.2. The van der Waals surface area contributed by atoms with Crippen LogP contribution in [-0.2, 0) is 19.9 Å². The molecule has 2 N–H and O–H groups in total. The number of hydrogen-bond donors (Lipinski definition) is 1. The number of thiophene rings is 1. The molecule has 2 rings (SSSR count). The van der Waals surface area contributed by atoms with Gasteiger partial charge in [0.25, 0.3) is 0 Å². The number of halogens is 1. The van der Waals surface area contributed by atoms with Gasteiger partial charge in [0.1, 0.15) is 8.42 Å². The van der Waals surface area contributed by atoms with Gasteiger partial charge in [-0.15, -0.1) is 11.3 Å². The molecular weight excluding hydrogens is 342 g/mol. The second-order valence-corrected chi connectivity index (χ2v) is 9.49. The second-order valence-electron chi connectivity index (χ2n) is 4.03. The first-order valence-corrected chi connectivity index (χ1v) is 9.48. The standard InChI is InChI=1S/C11H10ClNO4S3/c1-7-6-8(2-3-9(7)12)19(14,15)10-4-5-11(18-10)20(13,16)17/h2-6H,1H3,(H2,13,16,17). The lowest BCUT2D eigenvalue weighted by Gasteiger charge is -2.04. The summed E-state index contributed by atoms with van der Waals surface area (Å²) in [6, 6.07) is 6.70. The Balaban J connectivity index is 2.55. The van der Waals surface area contributed by atoms with Crippen LogP contribution >= 0.6 is 22.9 Å². The third-order valence-corrected chi connectivity index (χ3v) is 7.73. The molecule has 0 bridgehead atoms. The lowest BCUT2D eigenvalue weighted by atomic mass is 10.2. The van der Waals surface area contributed by atoms with Crippen LogP contribution < -0.4 is 5.14 Å². The van der Waals surface area contributed by atoms with E-state index in [4.69, 9.17) is 16.7 Å². The lowest BCUT2D eigenvalue weighted by molar-refractivity contribution is 0.597. The first-order chi connectivity index (χ1) is 9.12. The molecule has 5 nitrogen and oxygen atoms in total. The molecule has 0 unspecified atom stereocenters. The average molecular weight is 352 g/mol. The van der Waals surface area contributed by atoms with Crippen molar-refractivity contribution >= 4 is 42.8 Å². The van der Waals surface area contributed by atoms with Gasteiger partial charge in [0, 0.05) is 5.02 Å². The topological polar surface area (TPSA) is 94.3 Å². The van der Waals surface area contributed by atoms with E-state index >= 15 is 0 Å². The zero-order valence-corrected chi connectivity index (χ0v) is 13.4. The van der Waals surface area contributed by atoms with Crippen LogP contribution in [-0.4, -0.2) is 16.8 Å². The molecular formula is C11H10ClNO4S3. The molecule has 0 aliphatic heterocycles. The van der Waals surface area contributed by atoms with E-state index in [1.807, 2.05) is 0 Å². The Kier molecular flexibility index (Phi) is 3.96. The van der Waals surface area contributed by atoms with Crippen molar-refractivity contribution in [2.45, 2.75) is 20.2 Å². The Morgan fingerprint density at radius 2 is 1.65 bits per heavy atom. The smallest absolute Gasteiger partial charge is 0.224 e. The van der Waals surface area contributed by atoms with Gasteiger partial charge in [-0.25, -0.2) is 22.0 Å². The van der Waals surface area contributed by atoms with Crippen molar-refractivity contribution < 1.29 is 16.8 Å². The van der Waals surface area contributed by atoms with Gasteiger partial charge in [-0.05, 0) is 42.8 Å². The summed E-state index contributed by atoms with van der Waals surface area (Å²) >= 11 is 6.47. The molecule has 0 spiro atoms. The molecule has 20 heavy (non-hydrogen) atoms. The van der Waals surface area contributed by atoms with Crippen molar-refractivity contribution in [3.63, 3.8) is 0 Å². The van der Waals surface area contributed by atoms with Crippen LogP contribution in [0.1, 0.15) is 5.56 Å². The van der Waals surface area contributed by atoms with E-state index in [1.54, 1.807) is 6.92 Å². The van der Waals surface area contributed by atoms with Gasteiger partial charge in [0.15, 0.2) is 0 Å². The average Bonchev–Trinajstić information content (AvgIpc) is 2.82. The van der Waals surface area contributed by atoms with Crippen LogP contribution in [0, 0.1) is 6.92 Å². The monoisotopic (exact) mass is 351 g/mol. The van der Waals surface area contributed by atoms with Crippen molar-refractivity contribution in [1.82, 2.24) is 0 Å². The molecule has 9 heteroatoms. The quantitative estimate of drug-likeness (QED) is 0.916. The van der Waals surface area contributed by atoms with Crippen LogP contribution in [0.15, 0.2) is 43.6 Å². The van der Waals surface area contributed by atoms with Crippen molar-refractivity contribution in [2.75, 3.05) is 0 Å². The van der Waals surface area contributed by atoms with Gasteiger partial charge in [-0.1, -0.05) is 11.6 Å². The van der Waals surface area contributed by atoms with Gasteiger partial charge in [0.05, 0.1) is 4.90 Å². The number of rotatable bonds is 3. The molecule has 108 valence electrons. The molecule has 2 aromatic rings. The number of sulfone groups is 1. The van der Waals surface area contributed by atoms with E-state index in [0.717, 1.165) is 0 Å². The number of benzene rings is 1. The highest BCUT2D eigenvalue weighted by Crippen LogP contribution is 2.31. The first kappa shape index (κ1) is 15.5. The Labute approximate surface area is 126 Å². The number of nitrogens with two attached hydrogens (primary N) is 1. The highest BCUT2D eigenvalue weighted by atomic mass is 35.5. The number of sulfonamides is 1. The predicted molar refractivity (Wildman–Crippen MR) is 77.3 cm³/mol. The summed E-state index contributed by atoms with van der Waals surface area (Å²) in [6.45, 7) is 1.69. The van der Waals surface area contributed by atoms with E-state index in [2.05, 4.69) is 0 Å². The zero-order chi connectivity index (χ0) is 15.1. The molecule has 0 saturated heterocycles. The molecule has 0 aliphatic rings. The van der Waals surface area contributed by atoms with Gasteiger partial charge >= 0.3 is 0 Å². The maximum atomic E-state index is 12.4. The summed E-state index contributed by atoms with van der Waals surface area (Å²) < 4.78 is 46.8. The molecule has 1 heterocycles. The fraction of sp³-hybridized carbons (Fsp3) is 0.0909. The molecule has 0 atom stereocenters. The maximum absolute atomic E-state index is 12.4. The Morgan fingerprint density at radius 3 is 2.15 bits per heavy atom. The van der Waals surface area contributed by atoms with Crippen LogP contribution in [0.3, 0.4) is 0 Å². The van der Waals surface area contributed by atoms with E-state index in [1.165, 1.54) is 30.3 Å². The third kappa shape index (κ3) is 2.89. The van der Waals surface area contributed by atoms with Crippen molar-refractivity contribution in [3.8, 4) is 0 Å². The fourth-order valence-electron chi connectivity index (χ4n) is 1.50. The minimum atomic E-state index is -3.91. The summed E-state index contributed by atoms with van der Waals surface area (Å²) in [4.78, 5) is 0.0576. The lowest BCUT2D eigenvalue weighted by Crippen LogP contribution is -2.09. The highest BCUT2D eigenvalue weighted by molar-refractivity contribution is 7.95. The van der Waals surface area contributed by atoms with E-state index in [-0.39, 0.29) is 13.3 Å². The van der Waals surface area contributed by atoms with Crippen molar-refractivity contribution in [1.29, 1.82) is 0 Å². The summed E-state index contributed by atoms with van der Waals surface area (Å²) in [6.07, 6.45) is 0. The van der Waals surface area contributed by atoms with Crippen LogP contribution in [0.25, 0.3) is 0 Å². The SMILES string of the molecule is Cc1cc(S(=O)(=O)c2ccc(S(N)(=O)=O)s2)ccc1Cl. The Morgan fingerprint density at radius 1 is 1.05 bits per heavy atom. The summed E-state index contributed by atoms with van der Waals surface area (Å²) in [5, 5.41) is 5.43. The summed E-state index contributed by atoms with van der Waals surface area (Å²) in [7, 11) is -7.68. The predicted octanol–water partition coefficient (Wildman–Crippen LogP) is 2.19. The normalized spacial score (nSPS) is 12.6. The number of primary sulfonamides is 1. The Bertz CT molecular complexity index is 869. The molecule has 0 saturated carbocycles. The van der Waals surface area contributed by atoms with Crippen LogP contribution in [0.2, 0.25) is 5.02 Å². The van der Waals surface area contributed by atoms with E-state index < -0.39 is 19.9 Å². The number of aryl methyl sites for hydroxylation is 1. The van der Waals surface area contributed by atoms with Gasteiger partial charge in [-0.3, -0.25) is 0 Å². The molecule has 0 fully saturated rings. The van der Waals surface area contributed by atoms with Crippen molar-refractivity contribution in [2.24, 2.45) is 5.14 Å². The molecule has 0 amide bonds. The number of hydrogen-bond acceptors (Lipinski definition) is 5. The van der Waals surface area contributed by atoms with E-state index in [9.17, 15) is 16.8 Å². The van der Waals surface area contributed by atoms with Gasteiger partial charge in [-0.2, -0.15) is 0 Å². The van der Waals surface area contributed by atoms with Crippen LogP contribution in [0.5, 0.6) is 0 Å². The maximum Gasteiger partial charge on any atom is 0.247 e. The first-order valence-electron chi connectivity index (χ1n) is 5.26. The van der Waals surface area contributed by atoms with Gasteiger partial charge in [0.2, 0.25) is 19.9 Å². The highest BCUT2D eigenvalue weighted by Gasteiger charge is 2.23. The van der Waals surface area contributed by atoms with Crippen LogP contribution in [0.4, 0.5) is 0 Å². The minimum absolute atomic E-state index is 0.0576. The minimum Gasteiger partial charge on any atom is -0.224 e. The molecule has 1 aromatic carbocycles. The largest absolute Gasteiger partial charge is 0.247 e. The Hall–Kier alpha value is -0.930. The van der Waals surface area contributed by atoms with Gasteiger partial charge < -0.3 is 0 Å².